The minimum atomic E-state index is -4.41. The van der Waals surface area contributed by atoms with Crippen molar-refractivity contribution in [2.75, 3.05) is 47.5 Å². The van der Waals surface area contributed by atoms with Gasteiger partial charge in [0.2, 0.25) is 0 Å². The summed E-state index contributed by atoms with van der Waals surface area (Å²) in [7, 11) is 1.45. The number of phosphoric ester groups is 1. The molecule has 0 amide bonds. The predicted molar refractivity (Wildman–Crippen MR) is 371 cm³/mol. The lowest BCUT2D eigenvalue weighted by Gasteiger charge is -2.24. The van der Waals surface area contributed by atoms with Crippen molar-refractivity contribution in [1.82, 2.24) is 0 Å². The maximum Gasteiger partial charge on any atom is 0.472 e. The average molecular weight is 1210 g/mol. The fraction of sp³-hybridized carbons (Fsp3) is 0.632. The van der Waals surface area contributed by atoms with Crippen LogP contribution in [0.25, 0.3) is 0 Å². The molecule has 0 aromatic rings. The van der Waals surface area contributed by atoms with E-state index in [0.717, 1.165) is 135 Å². The van der Waals surface area contributed by atoms with Gasteiger partial charge in [-0.15, -0.1) is 0 Å². The van der Waals surface area contributed by atoms with Gasteiger partial charge in [-0.3, -0.25) is 18.6 Å². The minimum Gasteiger partial charge on any atom is -0.462 e. The molecule has 10 heteroatoms. The molecule has 0 rings (SSSR count). The van der Waals surface area contributed by atoms with Gasteiger partial charge >= 0.3 is 19.8 Å². The van der Waals surface area contributed by atoms with Gasteiger partial charge in [0.05, 0.1) is 27.7 Å². The van der Waals surface area contributed by atoms with Crippen molar-refractivity contribution in [2.24, 2.45) is 0 Å². The molecule has 1 N–H and O–H groups in total. The molecule has 0 heterocycles. The first kappa shape index (κ1) is 81.6. The van der Waals surface area contributed by atoms with Crippen molar-refractivity contribution in [1.29, 1.82) is 0 Å². The molecule has 0 saturated carbocycles. The first-order valence-corrected chi connectivity index (χ1v) is 35.7. The summed E-state index contributed by atoms with van der Waals surface area (Å²) in [6, 6.07) is 0. The second kappa shape index (κ2) is 65.1. The molecule has 0 radical (unpaired) electrons. The normalized spacial score (nSPS) is 14.2. The fourth-order valence-corrected chi connectivity index (χ4v) is 9.62. The Kier molecular flexibility index (Phi) is 61.8. The zero-order chi connectivity index (χ0) is 62.6. The van der Waals surface area contributed by atoms with Crippen LogP contribution >= 0.6 is 7.82 Å². The van der Waals surface area contributed by atoms with Crippen LogP contribution in [0.15, 0.2) is 158 Å². The Balaban J connectivity index is 4.12. The summed E-state index contributed by atoms with van der Waals surface area (Å²) in [5, 5.41) is 0. The molecule has 0 bridgehead atoms. The van der Waals surface area contributed by atoms with Gasteiger partial charge in [0.1, 0.15) is 19.8 Å². The Morgan fingerprint density at radius 2 is 0.628 bits per heavy atom. The van der Waals surface area contributed by atoms with Gasteiger partial charge in [0, 0.05) is 12.8 Å². The van der Waals surface area contributed by atoms with E-state index >= 15 is 0 Å². The lowest BCUT2D eigenvalue weighted by molar-refractivity contribution is -0.870. The van der Waals surface area contributed by atoms with Crippen LogP contribution in [0, 0.1) is 0 Å². The van der Waals surface area contributed by atoms with Gasteiger partial charge in [0.15, 0.2) is 6.10 Å². The van der Waals surface area contributed by atoms with Gasteiger partial charge in [-0.1, -0.05) is 281 Å². The molecule has 2 unspecified atom stereocenters. The first-order chi connectivity index (χ1) is 42.0. The molecule has 488 valence electrons. The summed E-state index contributed by atoms with van der Waals surface area (Å²) in [5.41, 5.74) is 0. The molecule has 0 spiro atoms. The Morgan fingerprint density at radius 1 is 0.360 bits per heavy atom. The van der Waals surface area contributed by atoms with E-state index in [-0.39, 0.29) is 32.0 Å². The quantitative estimate of drug-likeness (QED) is 0.0211. The van der Waals surface area contributed by atoms with E-state index in [2.05, 4.69) is 172 Å². The molecule has 0 aromatic heterocycles. The topological polar surface area (TPSA) is 108 Å². The van der Waals surface area contributed by atoms with Crippen LogP contribution in [-0.2, 0) is 32.7 Å². The highest BCUT2D eigenvalue weighted by atomic mass is 31.2. The molecular weight excluding hydrogens is 1090 g/mol. The van der Waals surface area contributed by atoms with Crippen LogP contribution in [0.4, 0.5) is 0 Å². The van der Waals surface area contributed by atoms with E-state index in [0.29, 0.717) is 17.4 Å². The Morgan fingerprint density at radius 3 is 0.930 bits per heavy atom. The van der Waals surface area contributed by atoms with Crippen LogP contribution < -0.4 is 0 Å². The van der Waals surface area contributed by atoms with Crippen molar-refractivity contribution in [3.8, 4) is 0 Å². The van der Waals surface area contributed by atoms with Crippen LogP contribution in [0.1, 0.15) is 258 Å². The van der Waals surface area contributed by atoms with Crippen LogP contribution in [0.3, 0.4) is 0 Å². The maximum atomic E-state index is 12.9. The third-order valence-corrected chi connectivity index (χ3v) is 15.0. The third kappa shape index (κ3) is 68.7. The van der Waals surface area contributed by atoms with Gasteiger partial charge < -0.3 is 18.9 Å². The number of phosphoric acid groups is 1. The summed E-state index contributed by atoms with van der Waals surface area (Å²) >= 11 is 0. The molecule has 0 aliphatic rings. The summed E-state index contributed by atoms with van der Waals surface area (Å²) in [5.74, 6) is -0.825. The number of esters is 2. The van der Waals surface area contributed by atoms with Crippen LogP contribution in [-0.4, -0.2) is 74.9 Å². The number of quaternary nitrogens is 1. The van der Waals surface area contributed by atoms with Crippen molar-refractivity contribution in [2.45, 2.75) is 264 Å². The predicted octanol–water partition coefficient (Wildman–Crippen LogP) is 22.4. The van der Waals surface area contributed by atoms with E-state index in [1.54, 1.807) is 0 Å². The van der Waals surface area contributed by atoms with Crippen LogP contribution in [0.5, 0.6) is 0 Å². The number of hydrogen-bond donors (Lipinski definition) is 1. The number of ether oxygens (including phenoxy) is 2. The Labute approximate surface area is 528 Å². The molecular formula is C76H127NO8P+. The highest BCUT2D eigenvalue weighted by Crippen LogP contribution is 2.43. The number of nitrogens with zero attached hydrogens (tertiary/aromatic N) is 1. The molecule has 0 fully saturated rings. The highest BCUT2D eigenvalue weighted by molar-refractivity contribution is 7.47. The van der Waals surface area contributed by atoms with E-state index in [1.807, 2.05) is 21.1 Å². The second-order valence-electron chi connectivity index (χ2n) is 23.4. The molecule has 0 aliphatic heterocycles. The SMILES string of the molecule is CC/C=C\C/C=C\C/C=C\C/C=C\C/C=C\C/C=C\C/C=C\CCCCCCCC(=O)OC(COC(=O)CCCCCCCCCCCCCCCCCC/C=C\C/C=C\C/C=C\C/C=C\C/C=C\C/C=C\CC)COP(=O)(O)OCC[N+](C)(C)C. The smallest absolute Gasteiger partial charge is 0.462 e. The number of allylic oxidation sites excluding steroid dienone is 26. The lowest BCUT2D eigenvalue weighted by Crippen LogP contribution is -2.37. The monoisotopic (exact) mass is 1210 g/mol. The number of hydrogen-bond acceptors (Lipinski definition) is 7. The fourth-order valence-electron chi connectivity index (χ4n) is 8.88. The molecule has 86 heavy (non-hydrogen) atoms. The molecule has 0 aliphatic carbocycles. The van der Waals surface area contributed by atoms with Gasteiger partial charge in [-0.2, -0.15) is 0 Å². The highest BCUT2D eigenvalue weighted by Gasteiger charge is 2.27. The molecule has 0 saturated heterocycles. The van der Waals surface area contributed by atoms with Crippen molar-refractivity contribution >= 4 is 19.8 Å². The van der Waals surface area contributed by atoms with Crippen molar-refractivity contribution in [3.63, 3.8) is 0 Å². The standard InChI is InChI=1S/C76H126NO8P/c1-6-8-10-12-14-16-18-20-22-24-26-28-30-32-34-35-36-37-38-39-40-41-43-44-46-48-50-52-54-56-58-60-62-64-66-68-75(78)82-72-74(73-84-86(80,81)83-71-70-77(3,4)5)85-76(79)69-67-65-63-61-59-57-55-53-51-49-47-45-42-33-31-29-27-25-23-21-19-17-15-13-11-9-7-2/h8-11,14-17,20-23,26-29,32-34,36-37,42,47,49,53,55,74H,6-7,12-13,18-19,24-25,30-31,35,38-41,43-46,48,50-52,54,56-73H2,1-5H3/p+1/b10-8-,11-9-,16-14-,17-15-,22-20-,23-21-,28-26-,29-27-,34-32-,37-36-,42-33-,49-47-,55-53-. The minimum absolute atomic E-state index is 0.0200. The third-order valence-electron chi connectivity index (χ3n) is 14.1. The second-order valence-corrected chi connectivity index (χ2v) is 24.9. The molecule has 9 nitrogen and oxygen atoms in total. The Bertz CT molecular complexity index is 2010. The molecule has 2 atom stereocenters. The summed E-state index contributed by atoms with van der Waals surface area (Å²) in [6.07, 6.45) is 97.6. The van der Waals surface area contributed by atoms with E-state index < -0.39 is 26.5 Å². The number of unbranched alkanes of at least 4 members (excludes halogenated alkanes) is 21. The lowest BCUT2D eigenvalue weighted by atomic mass is 10.0. The van der Waals surface area contributed by atoms with E-state index in [4.69, 9.17) is 18.5 Å². The zero-order valence-electron chi connectivity index (χ0n) is 55.5. The number of rotatable bonds is 61. The Hall–Kier alpha value is -4.37. The molecule has 0 aromatic carbocycles. The number of likely N-dealkylation sites (N-methyl/N-ethyl adjacent to an activating group) is 1. The van der Waals surface area contributed by atoms with Gasteiger partial charge in [0.25, 0.3) is 0 Å². The van der Waals surface area contributed by atoms with Crippen LogP contribution in [0.2, 0.25) is 0 Å². The summed E-state index contributed by atoms with van der Waals surface area (Å²) < 4.78 is 34.7. The number of carbonyl (C=O) groups is 2. The van der Waals surface area contributed by atoms with Gasteiger partial charge in [-0.05, 0) is 122 Å². The maximum absolute atomic E-state index is 12.9. The number of carbonyl (C=O) groups excluding carboxylic acids is 2. The largest absolute Gasteiger partial charge is 0.472 e. The van der Waals surface area contributed by atoms with Crippen molar-refractivity contribution < 1.29 is 42.1 Å². The van der Waals surface area contributed by atoms with E-state index in [1.165, 1.54) is 89.9 Å². The van der Waals surface area contributed by atoms with Crippen molar-refractivity contribution in [3.05, 3.63) is 158 Å². The summed E-state index contributed by atoms with van der Waals surface area (Å²) in [6.45, 7) is 4.18. The van der Waals surface area contributed by atoms with Gasteiger partial charge in [-0.25, -0.2) is 4.57 Å². The zero-order valence-corrected chi connectivity index (χ0v) is 56.4. The summed E-state index contributed by atoms with van der Waals surface area (Å²) in [4.78, 5) is 35.9. The average Bonchev–Trinajstić information content (AvgIpc) is 3.53. The van der Waals surface area contributed by atoms with E-state index in [9.17, 15) is 19.0 Å². The first-order valence-electron chi connectivity index (χ1n) is 34.2.